The number of aliphatic carboxylic acids is 1. The third-order valence-electron chi connectivity index (χ3n) is 2.58. The Morgan fingerprint density at radius 3 is 2.89 bits per heavy atom. The molecule has 1 N–H and O–H groups in total. The molecule has 1 aromatic rings. The molecule has 7 nitrogen and oxygen atoms in total. The lowest BCUT2D eigenvalue weighted by Crippen LogP contribution is -2.31. The molecule has 0 fully saturated rings. The van der Waals surface area contributed by atoms with E-state index < -0.39 is 5.97 Å². The lowest BCUT2D eigenvalue weighted by atomic mass is 10.2. The second-order valence-corrected chi connectivity index (χ2v) is 5.25. The maximum Gasteiger partial charge on any atom is 0.303 e. The first kappa shape index (κ1) is 12.7. The van der Waals surface area contributed by atoms with Gasteiger partial charge >= 0.3 is 5.97 Å². The number of hydrogen-bond acceptors (Lipinski definition) is 6. The van der Waals surface area contributed by atoms with Crippen molar-refractivity contribution in [1.29, 1.82) is 0 Å². The van der Waals surface area contributed by atoms with Crippen molar-refractivity contribution in [3.63, 3.8) is 0 Å². The van der Waals surface area contributed by atoms with Crippen LogP contribution in [0, 0.1) is 0 Å². The number of carbonyl (C=O) groups is 1. The molecule has 96 valence electrons. The first-order chi connectivity index (χ1) is 8.49. The monoisotopic (exact) mass is 268 g/mol. The van der Waals surface area contributed by atoms with Crippen LogP contribution in [0.15, 0.2) is 15.1 Å². The van der Waals surface area contributed by atoms with Crippen molar-refractivity contribution in [2.75, 3.05) is 0 Å². The summed E-state index contributed by atoms with van der Waals surface area (Å²) in [6, 6.07) is 0. The summed E-state index contributed by atoms with van der Waals surface area (Å²) in [4.78, 5) is 22.5. The number of thioether (sulfide) groups is 1. The van der Waals surface area contributed by atoms with Crippen LogP contribution in [0.4, 0.5) is 0 Å². The van der Waals surface area contributed by atoms with Crippen molar-refractivity contribution in [2.24, 2.45) is 5.10 Å². The fourth-order valence-corrected chi connectivity index (χ4v) is 2.27. The Hall–Kier alpha value is -1.70. The maximum absolute atomic E-state index is 12.0. The standard InChI is InChI=1S/C10H12N4O3S/c1-5-6(2)18-10-12-11-7(3-4-8(15)16)9(17)14(10)13-5/h6H,3-4H2,1-2H3,(H,15,16)/t6-/m1/s1. The SMILES string of the molecule is CC1=Nn2c(nnc(CCC(=O)O)c2=O)S[C@@H]1C. The van der Waals surface area contributed by atoms with Crippen LogP contribution in [-0.2, 0) is 11.2 Å². The third kappa shape index (κ3) is 2.42. The highest BCUT2D eigenvalue weighted by Crippen LogP contribution is 2.24. The van der Waals surface area contributed by atoms with Gasteiger partial charge in [0.1, 0.15) is 5.69 Å². The first-order valence-corrected chi connectivity index (χ1v) is 6.29. The molecule has 2 rings (SSSR count). The Bertz CT molecular complexity index is 581. The van der Waals surface area contributed by atoms with Gasteiger partial charge in [-0.1, -0.05) is 11.8 Å². The maximum atomic E-state index is 12.0. The molecule has 0 saturated carbocycles. The molecule has 0 unspecified atom stereocenters. The molecule has 0 bridgehead atoms. The molecule has 1 aliphatic heterocycles. The Kier molecular flexibility index (Phi) is 3.46. The normalized spacial score (nSPS) is 18.1. The van der Waals surface area contributed by atoms with E-state index >= 15 is 0 Å². The fraction of sp³-hybridized carbons (Fsp3) is 0.500. The molecular weight excluding hydrogens is 256 g/mol. The van der Waals surface area contributed by atoms with Crippen LogP contribution in [0.1, 0.15) is 26.0 Å². The molecule has 8 heteroatoms. The van der Waals surface area contributed by atoms with Crippen LogP contribution in [0.25, 0.3) is 0 Å². The molecule has 0 radical (unpaired) electrons. The van der Waals surface area contributed by atoms with E-state index in [0.717, 1.165) is 5.71 Å². The quantitative estimate of drug-likeness (QED) is 0.850. The number of carboxylic acids is 1. The summed E-state index contributed by atoms with van der Waals surface area (Å²) in [5, 5.41) is 21.1. The number of nitrogens with zero attached hydrogens (tertiary/aromatic N) is 4. The van der Waals surface area contributed by atoms with Gasteiger partial charge in [-0.3, -0.25) is 9.59 Å². The van der Waals surface area contributed by atoms with E-state index in [0.29, 0.717) is 5.16 Å². The average molecular weight is 268 g/mol. The van der Waals surface area contributed by atoms with Gasteiger partial charge in [-0.2, -0.15) is 9.78 Å². The van der Waals surface area contributed by atoms with Gasteiger partial charge in [0.25, 0.3) is 5.56 Å². The van der Waals surface area contributed by atoms with Gasteiger partial charge < -0.3 is 5.11 Å². The Morgan fingerprint density at radius 2 is 2.22 bits per heavy atom. The number of fused-ring (bicyclic) bond motifs is 1. The van der Waals surface area contributed by atoms with Crippen molar-refractivity contribution >= 4 is 23.4 Å². The predicted molar refractivity (Wildman–Crippen MR) is 66.1 cm³/mol. The molecule has 1 atom stereocenters. The molecule has 0 aromatic carbocycles. The lowest BCUT2D eigenvalue weighted by molar-refractivity contribution is -0.136. The largest absolute Gasteiger partial charge is 0.481 e. The zero-order valence-electron chi connectivity index (χ0n) is 9.95. The van der Waals surface area contributed by atoms with Gasteiger partial charge in [0, 0.05) is 17.4 Å². The summed E-state index contributed by atoms with van der Waals surface area (Å²) in [5.41, 5.74) is 0.569. The Balaban J connectivity index is 2.38. The minimum atomic E-state index is -0.971. The number of hydrogen-bond donors (Lipinski definition) is 1. The average Bonchev–Trinajstić information content (AvgIpc) is 2.31. The van der Waals surface area contributed by atoms with Crippen LogP contribution < -0.4 is 5.56 Å². The molecule has 1 aliphatic rings. The summed E-state index contributed by atoms with van der Waals surface area (Å²) in [6.45, 7) is 3.81. The van der Waals surface area contributed by atoms with E-state index in [1.165, 1.54) is 16.4 Å². The topological polar surface area (TPSA) is 97.4 Å². The first-order valence-electron chi connectivity index (χ1n) is 5.41. The predicted octanol–water partition coefficient (Wildman–Crippen LogP) is 0.374. The Morgan fingerprint density at radius 1 is 1.50 bits per heavy atom. The smallest absolute Gasteiger partial charge is 0.303 e. The highest BCUT2D eigenvalue weighted by Gasteiger charge is 2.21. The van der Waals surface area contributed by atoms with Crippen LogP contribution in [-0.4, -0.2) is 36.9 Å². The summed E-state index contributed by atoms with van der Waals surface area (Å²) < 4.78 is 1.20. The summed E-state index contributed by atoms with van der Waals surface area (Å²) in [6.07, 6.45) is -0.0776. The summed E-state index contributed by atoms with van der Waals surface area (Å²) in [5.74, 6) is -0.971. The minimum Gasteiger partial charge on any atom is -0.481 e. The number of carboxylic acid groups (broad SMARTS) is 1. The number of aromatic nitrogens is 3. The van der Waals surface area contributed by atoms with E-state index in [4.69, 9.17) is 5.11 Å². The third-order valence-corrected chi connectivity index (χ3v) is 3.74. The van der Waals surface area contributed by atoms with Gasteiger partial charge in [-0.05, 0) is 13.8 Å². The van der Waals surface area contributed by atoms with Crippen molar-refractivity contribution in [3.8, 4) is 0 Å². The van der Waals surface area contributed by atoms with Crippen molar-refractivity contribution in [3.05, 3.63) is 16.0 Å². The number of aryl methyl sites for hydroxylation is 1. The van der Waals surface area contributed by atoms with E-state index in [9.17, 15) is 9.59 Å². The van der Waals surface area contributed by atoms with Gasteiger partial charge in [0.15, 0.2) is 0 Å². The van der Waals surface area contributed by atoms with Crippen LogP contribution in [0.2, 0.25) is 0 Å². The molecule has 0 aliphatic carbocycles. The molecule has 1 aromatic heterocycles. The number of rotatable bonds is 3. The highest BCUT2D eigenvalue weighted by atomic mass is 32.2. The molecule has 0 saturated heterocycles. The van der Waals surface area contributed by atoms with E-state index in [-0.39, 0.29) is 29.3 Å². The second-order valence-electron chi connectivity index (χ2n) is 3.94. The summed E-state index contributed by atoms with van der Waals surface area (Å²) >= 11 is 1.41. The van der Waals surface area contributed by atoms with E-state index in [1.54, 1.807) is 0 Å². The van der Waals surface area contributed by atoms with Gasteiger partial charge in [0.05, 0.1) is 6.42 Å². The second kappa shape index (κ2) is 4.89. The van der Waals surface area contributed by atoms with Crippen molar-refractivity contribution in [1.82, 2.24) is 14.9 Å². The molecule has 18 heavy (non-hydrogen) atoms. The highest BCUT2D eigenvalue weighted by molar-refractivity contribution is 8.00. The minimum absolute atomic E-state index is 0.0657. The van der Waals surface area contributed by atoms with Gasteiger partial charge in [-0.25, -0.2) is 0 Å². The zero-order chi connectivity index (χ0) is 13.3. The fourth-order valence-electron chi connectivity index (χ4n) is 1.42. The van der Waals surface area contributed by atoms with Crippen LogP contribution >= 0.6 is 11.8 Å². The van der Waals surface area contributed by atoms with Gasteiger partial charge in [0.2, 0.25) is 5.16 Å². The molecule has 0 spiro atoms. The lowest BCUT2D eigenvalue weighted by Gasteiger charge is -2.18. The van der Waals surface area contributed by atoms with Crippen molar-refractivity contribution < 1.29 is 9.90 Å². The van der Waals surface area contributed by atoms with Crippen molar-refractivity contribution in [2.45, 2.75) is 37.1 Å². The summed E-state index contributed by atoms with van der Waals surface area (Å²) in [7, 11) is 0. The molecule has 0 amide bonds. The Labute approximate surface area is 107 Å². The van der Waals surface area contributed by atoms with E-state index in [2.05, 4.69) is 15.3 Å². The van der Waals surface area contributed by atoms with Gasteiger partial charge in [-0.15, -0.1) is 10.2 Å². The zero-order valence-corrected chi connectivity index (χ0v) is 10.8. The molecule has 2 heterocycles. The van der Waals surface area contributed by atoms with Crippen LogP contribution in [0.5, 0.6) is 0 Å². The van der Waals surface area contributed by atoms with E-state index in [1.807, 2.05) is 13.8 Å². The van der Waals surface area contributed by atoms with Crippen LogP contribution in [0.3, 0.4) is 0 Å². The molecular formula is C10H12N4O3S.